The zero-order valence-electron chi connectivity index (χ0n) is 19.0. The molecule has 0 spiro atoms. The lowest BCUT2D eigenvalue weighted by Gasteiger charge is -2.33. The number of allylic oxidation sites excluding steroid dienone is 5. The van der Waals surface area contributed by atoms with Gasteiger partial charge >= 0.3 is 0 Å². The topological polar surface area (TPSA) is 72.4 Å². The number of aryl methyl sites for hydroxylation is 1. The van der Waals surface area contributed by atoms with Crippen LogP contribution in [-0.2, 0) is 6.54 Å². The first-order valence-corrected chi connectivity index (χ1v) is 11.4. The molecule has 0 radical (unpaired) electrons. The first kappa shape index (κ1) is 22.5. The monoisotopic (exact) mass is 451 g/mol. The first-order valence-electron chi connectivity index (χ1n) is 11.0. The molecule has 0 atom stereocenters. The second-order valence-electron chi connectivity index (χ2n) is 8.07. The number of fused-ring (bicyclic) bond motifs is 2. The molecule has 2 aliphatic heterocycles. The molecule has 0 saturated carbocycles. The van der Waals surface area contributed by atoms with Gasteiger partial charge in [0.15, 0.2) is 5.82 Å². The predicted octanol–water partition coefficient (Wildman–Crippen LogP) is 4.68. The molecule has 0 aromatic carbocycles. The lowest BCUT2D eigenvalue weighted by atomic mass is 10.0. The summed E-state index contributed by atoms with van der Waals surface area (Å²) in [6.45, 7) is 16.3. The number of hydrogen-bond donors (Lipinski definition) is 2. The summed E-state index contributed by atoms with van der Waals surface area (Å²) in [4.78, 5) is 14.7. The average molecular weight is 452 g/mol. The number of nitrogens with one attached hydrogen (secondary N) is 2. The molecular weight excluding hydrogens is 422 g/mol. The summed E-state index contributed by atoms with van der Waals surface area (Å²) in [5.74, 6) is 0.693. The summed E-state index contributed by atoms with van der Waals surface area (Å²) in [6, 6.07) is 2.10. The highest BCUT2D eigenvalue weighted by atomic mass is 35.5. The van der Waals surface area contributed by atoms with Gasteiger partial charge in [0.05, 0.1) is 22.8 Å². The van der Waals surface area contributed by atoms with Gasteiger partial charge in [-0.25, -0.2) is 4.99 Å². The van der Waals surface area contributed by atoms with Crippen LogP contribution in [0.15, 0.2) is 52.7 Å². The maximum Gasteiger partial charge on any atom is 0.178 e. The number of nitrogens with zero attached hydrogens (tertiary/aromatic N) is 5. The summed E-state index contributed by atoms with van der Waals surface area (Å²) in [6.07, 6.45) is 7.70. The maximum absolute atomic E-state index is 6.40. The van der Waals surface area contributed by atoms with Crippen molar-refractivity contribution in [2.24, 2.45) is 4.99 Å². The smallest absolute Gasteiger partial charge is 0.178 e. The van der Waals surface area contributed by atoms with Crippen LogP contribution in [-0.4, -0.2) is 63.4 Å². The fourth-order valence-electron chi connectivity index (χ4n) is 4.01. The molecule has 0 unspecified atom stereocenters. The molecule has 0 amide bonds. The van der Waals surface area contributed by atoms with E-state index in [2.05, 4.69) is 44.9 Å². The van der Waals surface area contributed by atoms with E-state index in [0.29, 0.717) is 10.9 Å². The van der Waals surface area contributed by atoms with E-state index in [-0.39, 0.29) is 0 Å². The number of anilines is 2. The number of hydrogen-bond acceptors (Lipinski definition) is 6. The van der Waals surface area contributed by atoms with Crippen LogP contribution in [0.2, 0.25) is 0 Å². The Morgan fingerprint density at radius 3 is 2.69 bits per heavy atom. The number of halogens is 1. The minimum atomic E-state index is 0.426. The van der Waals surface area contributed by atoms with E-state index in [1.165, 1.54) is 0 Å². The van der Waals surface area contributed by atoms with Crippen LogP contribution in [0.3, 0.4) is 0 Å². The zero-order chi connectivity index (χ0) is 22.7. The van der Waals surface area contributed by atoms with Crippen LogP contribution in [0.5, 0.6) is 0 Å². The molecular formula is C24H30ClN7. The third-order valence-electron chi connectivity index (χ3n) is 5.91. The fourth-order valence-corrected chi connectivity index (χ4v) is 4.16. The van der Waals surface area contributed by atoms with E-state index < -0.39 is 0 Å². The molecule has 2 aromatic rings. The third-order valence-corrected chi connectivity index (χ3v) is 6.11. The number of likely N-dealkylation sites (N-methyl/N-ethyl adjacent to an activating group) is 1. The van der Waals surface area contributed by atoms with Gasteiger partial charge in [-0.15, -0.1) is 0 Å². The largest absolute Gasteiger partial charge is 0.336 e. The molecule has 4 heterocycles. The molecule has 1 fully saturated rings. The van der Waals surface area contributed by atoms with Crippen molar-refractivity contribution in [1.29, 1.82) is 0 Å². The van der Waals surface area contributed by atoms with E-state index in [9.17, 15) is 0 Å². The van der Waals surface area contributed by atoms with E-state index in [4.69, 9.17) is 21.6 Å². The lowest BCUT2D eigenvalue weighted by molar-refractivity contribution is 0.131. The number of pyridine rings is 1. The molecule has 7 nitrogen and oxygen atoms in total. The number of aromatic nitrogens is 3. The van der Waals surface area contributed by atoms with Gasteiger partial charge in [-0.05, 0) is 26.5 Å². The Hall–Kier alpha value is -2.74. The summed E-state index contributed by atoms with van der Waals surface area (Å²) in [5.41, 5.74) is 5.92. The molecule has 4 rings (SSSR count). The summed E-state index contributed by atoms with van der Waals surface area (Å²) in [7, 11) is 0. The average Bonchev–Trinajstić information content (AvgIpc) is 3.04. The van der Waals surface area contributed by atoms with E-state index >= 15 is 0 Å². The van der Waals surface area contributed by atoms with Crippen LogP contribution >= 0.6 is 11.6 Å². The van der Waals surface area contributed by atoms with Crippen LogP contribution in [0, 0.1) is 6.92 Å². The Morgan fingerprint density at radius 1 is 1.25 bits per heavy atom. The fraction of sp³-hybridized carbons (Fsp3) is 0.375. The van der Waals surface area contributed by atoms with Gasteiger partial charge in [-0.1, -0.05) is 43.3 Å². The molecule has 2 aromatic heterocycles. The van der Waals surface area contributed by atoms with Gasteiger partial charge in [0.25, 0.3) is 0 Å². The van der Waals surface area contributed by atoms with E-state index in [1.807, 2.05) is 38.3 Å². The SMILES string of the molecule is C=C(Cl)/C(=C\C=C/C)C1=Nc2c(n[nH]c2C)Nc2cc(CN3CCN(CC)CC3)ncc21. The van der Waals surface area contributed by atoms with E-state index in [1.54, 1.807) is 0 Å². The molecule has 32 heavy (non-hydrogen) atoms. The highest BCUT2D eigenvalue weighted by molar-refractivity contribution is 6.37. The Kier molecular flexibility index (Phi) is 6.89. The Balaban J connectivity index is 1.71. The second-order valence-corrected chi connectivity index (χ2v) is 8.53. The number of piperazine rings is 1. The molecule has 2 aliphatic rings. The summed E-state index contributed by atoms with van der Waals surface area (Å²) < 4.78 is 0. The first-order chi connectivity index (χ1) is 15.5. The van der Waals surface area contributed by atoms with E-state index in [0.717, 1.165) is 78.9 Å². The van der Waals surface area contributed by atoms with Crippen molar-refractivity contribution in [2.45, 2.75) is 27.3 Å². The van der Waals surface area contributed by atoms with Crippen LogP contribution in [0.4, 0.5) is 17.2 Å². The van der Waals surface area contributed by atoms with Gasteiger partial charge < -0.3 is 10.2 Å². The molecule has 168 valence electrons. The zero-order valence-corrected chi connectivity index (χ0v) is 19.7. The maximum atomic E-state index is 6.40. The van der Waals surface area contributed by atoms with Crippen molar-refractivity contribution >= 4 is 34.5 Å². The van der Waals surface area contributed by atoms with Crippen molar-refractivity contribution in [3.63, 3.8) is 0 Å². The Morgan fingerprint density at radius 2 is 2.00 bits per heavy atom. The highest BCUT2D eigenvalue weighted by Crippen LogP contribution is 2.37. The standard InChI is InChI=1S/C24H30ClN7/c1-5-7-8-19(16(3)25)23-20-14-26-18(15-32-11-9-31(6-2)10-12-32)13-21(20)27-24-22(28-23)17(4)29-30-24/h5,7-8,13-14H,3,6,9-12,15H2,1-2,4H3,(H2,27,29,30)/b7-5-,19-8+. The molecule has 1 saturated heterocycles. The Bertz CT molecular complexity index is 1090. The lowest BCUT2D eigenvalue weighted by Crippen LogP contribution is -2.45. The second kappa shape index (κ2) is 9.81. The van der Waals surface area contributed by atoms with Crippen LogP contribution in [0.25, 0.3) is 0 Å². The van der Waals surface area contributed by atoms with Crippen LogP contribution in [0.1, 0.15) is 30.8 Å². The van der Waals surface area contributed by atoms with Crippen molar-refractivity contribution < 1.29 is 0 Å². The third kappa shape index (κ3) is 4.70. The van der Waals surface area contributed by atoms with Crippen molar-refractivity contribution in [2.75, 3.05) is 38.0 Å². The highest BCUT2D eigenvalue weighted by Gasteiger charge is 2.24. The van der Waals surface area contributed by atoms with Gasteiger partial charge in [-0.3, -0.25) is 15.0 Å². The molecule has 8 heteroatoms. The normalized spacial score (nSPS) is 17.5. The van der Waals surface area contributed by atoms with Crippen LogP contribution < -0.4 is 5.32 Å². The number of rotatable bonds is 6. The predicted molar refractivity (Wildman–Crippen MR) is 132 cm³/mol. The van der Waals surface area contributed by atoms with Crippen molar-refractivity contribution in [3.8, 4) is 0 Å². The minimum Gasteiger partial charge on any atom is -0.336 e. The van der Waals surface area contributed by atoms with Gasteiger partial charge in [-0.2, -0.15) is 5.10 Å². The summed E-state index contributed by atoms with van der Waals surface area (Å²) >= 11 is 6.40. The quantitative estimate of drug-likeness (QED) is 0.623. The number of aliphatic imine (C=N–C) groups is 1. The number of aromatic amines is 1. The Labute approximate surface area is 194 Å². The van der Waals surface area contributed by atoms with Gasteiger partial charge in [0, 0.05) is 55.1 Å². The van der Waals surface area contributed by atoms with Gasteiger partial charge in [0.1, 0.15) is 5.69 Å². The summed E-state index contributed by atoms with van der Waals surface area (Å²) in [5, 5.41) is 11.3. The van der Waals surface area contributed by atoms with Gasteiger partial charge in [0.2, 0.25) is 0 Å². The van der Waals surface area contributed by atoms with Crippen molar-refractivity contribution in [1.82, 2.24) is 25.0 Å². The van der Waals surface area contributed by atoms with Crippen molar-refractivity contribution in [3.05, 3.63) is 64.6 Å². The molecule has 0 bridgehead atoms. The molecule has 2 N–H and O–H groups in total. The number of H-pyrrole nitrogens is 1. The molecule has 0 aliphatic carbocycles. The minimum absolute atomic E-state index is 0.426.